The van der Waals surface area contributed by atoms with Crippen molar-refractivity contribution in [3.05, 3.63) is 0 Å². The number of hydrogen-bond acceptors (Lipinski definition) is 15. The molecule has 15 nitrogen and oxygen atoms in total. The standard InChI is InChI=1S/3C4H4O5.2Cr/c3*5-2(4(8)9)1-3(6)7;;/h3*1H2,(H,6,7)(H,8,9);;/q;;;2*+3/p-6. The average molecular weight is 494 g/mol. The predicted molar refractivity (Wildman–Crippen MR) is 58.9 cm³/mol. The molecule has 0 N–H and O–H groups in total. The van der Waals surface area contributed by atoms with Gasteiger partial charge in [0, 0.05) is 17.9 Å². The van der Waals surface area contributed by atoms with Crippen molar-refractivity contribution in [1.29, 1.82) is 0 Å². The van der Waals surface area contributed by atoms with Crippen LogP contribution in [0.4, 0.5) is 0 Å². The summed E-state index contributed by atoms with van der Waals surface area (Å²) in [5, 5.41) is 56.9. The summed E-state index contributed by atoms with van der Waals surface area (Å²) in [6.45, 7) is 0. The smallest absolute Gasteiger partial charge is 0.550 e. The van der Waals surface area contributed by atoms with E-state index in [1.165, 1.54) is 0 Å². The molecule has 156 valence electrons. The average Bonchev–Trinajstić information content (AvgIpc) is 2.46. The summed E-state index contributed by atoms with van der Waals surface area (Å²) >= 11 is 0. The van der Waals surface area contributed by atoms with Gasteiger partial charge in [0.05, 0.1) is 19.3 Å². The van der Waals surface area contributed by atoms with Gasteiger partial charge in [0.2, 0.25) is 0 Å². The largest absolute Gasteiger partial charge is 3.00 e. The Morgan fingerprint density at radius 3 is 0.552 bits per heavy atom. The molecule has 29 heavy (non-hydrogen) atoms. The molecular weight excluding hydrogens is 488 g/mol. The molecule has 0 aliphatic rings. The third-order valence-corrected chi connectivity index (χ3v) is 1.60. The van der Waals surface area contributed by atoms with Crippen LogP contribution in [0.1, 0.15) is 19.3 Å². The van der Waals surface area contributed by atoms with E-state index in [0.717, 1.165) is 0 Å². The maximum absolute atomic E-state index is 9.87. The number of carboxylic acids is 6. The summed E-state index contributed by atoms with van der Waals surface area (Å²) < 4.78 is 0. The van der Waals surface area contributed by atoms with Gasteiger partial charge in [0.1, 0.15) is 17.9 Å². The van der Waals surface area contributed by atoms with E-state index in [1.807, 2.05) is 0 Å². The quantitative estimate of drug-likeness (QED) is 0.212. The third kappa shape index (κ3) is 29.9. The zero-order chi connectivity index (χ0) is 22.3. The number of carboxylic acid groups (broad SMARTS) is 6. The van der Waals surface area contributed by atoms with Crippen LogP contribution in [0.5, 0.6) is 0 Å². The van der Waals surface area contributed by atoms with Gasteiger partial charge in [0.15, 0.2) is 17.3 Å². The van der Waals surface area contributed by atoms with Crippen molar-refractivity contribution in [3.63, 3.8) is 0 Å². The van der Waals surface area contributed by atoms with Gasteiger partial charge in [-0.2, -0.15) is 0 Å². The SMILES string of the molecule is O=C([O-])CC(=O)C(=O)[O-].O=C([O-])CC(=O)C(=O)[O-].O=C([O-])CC(=O)C(=O)[O-].[Cr+3].[Cr+3]. The summed E-state index contributed by atoms with van der Waals surface area (Å²) in [5.41, 5.74) is 0. The Labute approximate surface area is 181 Å². The van der Waals surface area contributed by atoms with Crippen molar-refractivity contribution >= 4 is 53.2 Å². The van der Waals surface area contributed by atoms with Gasteiger partial charge in [-0.25, -0.2) is 0 Å². The molecule has 17 heteroatoms. The molecule has 0 bridgehead atoms. The van der Waals surface area contributed by atoms with Gasteiger partial charge in [-0.1, -0.05) is 0 Å². The molecule has 0 aromatic carbocycles. The first-order valence-electron chi connectivity index (χ1n) is 5.93. The Morgan fingerprint density at radius 2 is 0.517 bits per heavy atom. The molecule has 0 aromatic rings. The van der Waals surface area contributed by atoms with E-state index in [-0.39, 0.29) is 34.7 Å². The fraction of sp³-hybridized carbons (Fsp3) is 0.250. The second-order valence-corrected chi connectivity index (χ2v) is 3.78. The molecule has 0 aliphatic carbocycles. The summed E-state index contributed by atoms with van der Waals surface area (Å²) in [6, 6.07) is 0. The number of aliphatic carboxylic acids is 6. The van der Waals surface area contributed by atoms with Crippen molar-refractivity contribution in [3.8, 4) is 0 Å². The second-order valence-electron chi connectivity index (χ2n) is 3.78. The summed E-state index contributed by atoms with van der Waals surface area (Å²) in [4.78, 5) is 86.5. The van der Waals surface area contributed by atoms with Gasteiger partial charge >= 0.3 is 34.7 Å². The van der Waals surface area contributed by atoms with Crippen LogP contribution in [-0.4, -0.2) is 53.2 Å². The minimum Gasteiger partial charge on any atom is -0.550 e. The van der Waals surface area contributed by atoms with E-state index in [0.29, 0.717) is 0 Å². The zero-order valence-corrected chi connectivity index (χ0v) is 16.1. The van der Waals surface area contributed by atoms with Gasteiger partial charge in [-0.05, 0) is 0 Å². The first-order valence-corrected chi connectivity index (χ1v) is 5.93. The Kier molecular flexibility index (Phi) is 24.9. The fourth-order valence-electron chi connectivity index (χ4n) is 0.610. The van der Waals surface area contributed by atoms with E-state index in [2.05, 4.69) is 0 Å². The van der Waals surface area contributed by atoms with Crippen molar-refractivity contribution in [2.24, 2.45) is 0 Å². The first-order chi connectivity index (χ1) is 12.1. The van der Waals surface area contributed by atoms with Crippen LogP contribution >= 0.6 is 0 Å². The minimum absolute atomic E-state index is 0. The van der Waals surface area contributed by atoms with E-state index in [4.69, 9.17) is 0 Å². The molecule has 0 heterocycles. The molecular formula is C12H6Cr2O15. The van der Waals surface area contributed by atoms with Gasteiger partial charge < -0.3 is 59.4 Å². The van der Waals surface area contributed by atoms with Crippen molar-refractivity contribution in [2.75, 3.05) is 0 Å². The fourth-order valence-corrected chi connectivity index (χ4v) is 0.610. The Bertz CT molecular complexity index is 576. The van der Waals surface area contributed by atoms with Gasteiger partial charge in [0.25, 0.3) is 0 Å². The Balaban J connectivity index is -0.0000000960. The summed E-state index contributed by atoms with van der Waals surface area (Å²) in [6.07, 6.45) is -3.37. The maximum Gasteiger partial charge on any atom is 3.00 e. The van der Waals surface area contributed by atoms with E-state index in [9.17, 15) is 73.8 Å². The monoisotopic (exact) mass is 494 g/mol. The minimum atomic E-state index is -2.00. The molecule has 0 unspecified atom stereocenters. The van der Waals surface area contributed by atoms with Gasteiger partial charge in [-0.15, -0.1) is 0 Å². The second kappa shape index (κ2) is 19.7. The van der Waals surface area contributed by atoms with E-state index >= 15 is 0 Å². The Hall–Kier alpha value is -3.11. The van der Waals surface area contributed by atoms with Crippen LogP contribution in [0.25, 0.3) is 0 Å². The number of ketones is 3. The van der Waals surface area contributed by atoms with Crippen LogP contribution in [0, 0.1) is 0 Å². The Morgan fingerprint density at radius 1 is 0.379 bits per heavy atom. The summed E-state index contributed by atoms with van der Waals surface area (Å²) in [5.74, 6) is -15.6. The molecule has 0 rings (SSSR count). The molecule has 0 atom stereocenters. The first kappa shape index (κ1) is 36.8. The zero-order valence-electron chi connectivity index (χ0n) is 13.6. The molecule has 0 saturated heterocycles. The van der Waals surface area contributed by atoms with Crippen LogP contribution in [0.3, 0.4) is 0 Å². The molecule has 0 spiro atoms. The normalized spacial score (nSPS) is 7.86. The van der Waals surface area contributed by atoms with Gasteiger partial charge in [-0.3, -0.25) is 14.4 Å². The van der Waals surface area contributed by atoms with Crippen molar-refractivity contribution in [2.45, 2.75) is 19.3 Å². The summed E-state index contributed by atoms with van der Waals surface area (Å²) in [7, 11) is 0. The molecule has 0 amide bonds. The molecule has 0 aromatic heterocycles. The van der Waals surface area contributed by atoms with Crippen LogP contribution in [-0.2, 0) is 77.9 Å². The van der Waals surface area contributed by atoms with E-state index in [1.54, 1.807) is 0 Å². The molecule has 0 aliphatic heterocycles. The third-order valence-electron chi connectivity index (χ3n) is 1.60. The van der Waals surface area contributed by atoms with Crippen LogP contribution in [0.2, 0.25) is 0 Å². The van der Waals surface area contributed by atoms with Crippen molar-refractivity contribution < 1.29 is 109 Å². The predicted octanol–water partition coefficient (Wildman–Crippen LogP) is -10.7. The number of hydrogen-bond donors (Lipinski definition) is 0. The van der Waals surface area contributed by atoms with E-state index < -0.39 is 72.4 Å². The van der Waals surface area contributed by atoms with Crippen molar-refractivity contribution in [1.82, 2.24) is 0 Å². The number of carbonyl (C=O) groups excluding carboxylic acids is 9. The number of Topliss-reactive ketones (excluding diaryl/α,β-unsaturated/α-hetero) is 3. The number of carbonyl (C=O) groups is 9. The van der Waals surface area contributed by atoms with Crippen LogP contribution in [0.15, 0.2) is 0 Å². The molecule has 0 fully saturated rings. The maximum atomic E-state index is 9.87. The number of rotatable bonds is 9. The molecule has 2 radical (unpaired) electrons. The van der Waals surface area contributed by atoms with Crippen LogP contribution < -0.4 is 30.6 Å². The topological polar surface area (TPSA) is 292 Å². The molecule has 0 saturated carbocycles.